The number of hydrogen-bond acceptors (Lipinski definition) is 6. The van der Waals surface area contributed by atoms with Crippen LogP contribution >= 0.6 is 0 Å². The first kappa shape index (κ1) is 16.5. The fraction of sp³-hybridized carbons (Fsp3) is 0.412. The minimum Gasteiger partial charge on any atom is -0.379 e. The van der Waals surface area contributed by atoms with E-state index in [0.717, 1.165) is 44.1 Å². The van der Waals surface area contributed by atoms with Gasteiger partial charge >= 0.3 is 0 Å². The third-order valence-electron chi connectivity index (χ3n) is 3.90. The third-order valence-corrected chi connectivity index (χ3v) is 3.90. The van der Waals surface area contributed by atoms with Gasteiger partial charge in [0.05, 0.1) is 24.5 Å². The number of carbonyl (C=O) groups is 1. The van der Waals surface area contributed by atoms with Crippen molar-refractivity contribution >= 4 is 5.91 Å². The summed E-state index contributed by atoms with van der Waals surface area (Å²) in [5.74, 6) is -0.112. The summed E-state index contributed by atoms with van der Waals surface area (Å²) < 4.78 is 5.33. The van der Waals surface area contributed by atoms with Crippen LogP contribution in [0.25, 0.3) is 11.3 Å². The summed E-state index contributed by atoms with van der Waals surface area (Å²) in [6, 6.07) is 3.64. The Balaban J connectivity index is 1.56. The molecule has 1 amide bonds. The van der Waals surface area contributed by atoms with E-state index >= 15 is 0 Å². The zero-order valence-corrected chi connectivity index (χ0v) is 13.7. The lowest BCUT2D eigenvalue weighted by atomic mass is 10.1. The number of rotatable bonds is 5. The number of amides is 1. The summed E-state index contributed by atoms with van der Waals surface area (Å²) in [5.41, 5.74) is 2.11. The maximum atomic E-state index is 12.3. The van der Waals surface area contributed by atoms with Crippen molar-refractivity contribution in [2.45, 2.75) is 13.0 Å². The quantitative estimate of drug-likeness (QED) is 0.882. The molecule has 1 atom stereocenters. The Morgan fingerprint density at radius 2 is 2.00 bits per heavy atom. The van der Waals surface area contributed by atoms with Gasteiger partial charge in [-0.3, -0.25) is 14.7 Å². The minimum atomic E-state index is -0.112. The molecule has 7 heteroatoms. The van der Waals surface area contributed by atoms with Crippen LogP contribution in [0.5, 0.6) is 0 Å². The van der Waals surface area contributed by atoms with Crippen molar-refractivity contribution in [2.75, 3.05) is 32.8 Å². The summed E-state index contributed by atoms with van der Waals surface area (Å²) >= 11 is 0. The largest absolute Gasteiger partial charge is 0.379 e. The SMILES string of the molecule is C[C@H](CN1CCOCC1)NC(=O)c1ccc(-c2cncnc2)nc1. The van der Waals surface area contributed by atoms with Crippen molar-refractivity contribution in [1.29, 1.82) is 0 Å². The Hall–Kier alpha value is -2.38. The van der Waals surface area contributed by atoms with Gasteiger partial charge in [-0.25, -0.2) is 9.97 Å². The van der Waals surface area contributed by atoms with Crippen LogP contribution < -0.4 is 5.32 Å². The lowest BCUT2D eigenvalue weighted by Gasteiger charge is -2.29. The number of ether oxygens (including phenoxy) is 1. The second-order valence-electron chi connectivity index (χ2n) is 5.85. The molecule has 3 heterocycles. The molecule has 1 aliphatic rings. The van der Waals surface area contributed by atoms with Crippen molar-refractivity contribution in [3.8, 4) is 11.3 Å². The van der Waals surface area contributed by atoms with E-state index < -0.39 is 0 Å². The Kier molecular flexibility index (Phi) is 5.45. The van der Waals surface area contributed by atoms with Gasteiger partial charge in [-0.2, -0.15) is 0 Å². The highest BCUT2D eigenvalue weighted by Gasteiger charge is 2.16. The smallest absolute Gasteiger partial charge is 0.253 e. The second kappa shape index (κ2) is 7.94. The molecule has 0 spiro atoms. The van der Waals surface area contributed by atoms with Gasteiger partial charge in [0.25, 0.3) is 5.91 Å². The van der Waals surface area contributed by atoms with Gasteiger partial charge in [0.15, 0.2) is 0 Å². The summed E-state index contributed by atoms with van der Waals surface area (Å²) in [7, 11) is 0. The number of aromatic nitrogens is 3. The van der Waals surface area contributed by atoms with Gasteiger partial charge in [0.2, 0.25) is 0 Å². The standard InChI is InChI=1S/C17H21N5O2/c1-13(11-22-4-6-24-7-5-22)21-17(23)14-2-3-16(20-10-14)15-8-18-12-19-9-15/h2-3,8-10,12-13H,4-7,11H2,1H3,(H,21,23)/t13-/m1/s1. The fourth-order valence-electron chi connectivity index (χ4n) is 2.65. The second-order valence-corrected chi connectivity index (χ2v) is 5.85. The topological polar surface area (TPSA) is 80.2 Å². The molecule has 0 aromatic carbocycles. The molecule has 0 bridgehead atoms. The summed E-state index contributed by atoms with van der Waals surface area (Å²) in [6.45, 7) is 6.17. The summed E-state index contributed by atoms with van der Waals surface area (Å²) in [4.78, 5) is 26.9. The average molecular weight is 327 g/mol. The molecule has 1 aliphatic heterocycles. The molecule has 0 radical (unpaired) electrons. The number of nitrogens with zero attached hydrogens (tertiary/aromatic N) is 4. The van der Waals surface area contributed by atoms with Crippen molar-refractivity contribution in [3.05, 3.63) is 42.6 Å². The van der Waals surface area contributed by atoms with Crippen molar-refractivity contribution in [3.63, 3.8) is 0 Å². The van der Waals surface area contributed by atoms with Crippen LogP contribution in [0.1, 0.15) is 17.3 Å². The third kappa shape index (κ3) is 4.33. The minimum absolute atomic E-state index is 0.0674. The van der Waals surface area contributed by atoms with Crippen molar-refractivity contribution in [2.24, 2.45) is 0 Å². The van der Waals surface area contributed by atoms with Gasteiger partial charge in [-0.05, 0) is 19.1 Å². The predicted octanol–water partition coefficient (Wildman–Crippen LogP) is 0.989. The molecule has 7 nitrogen and oxygen atoms in total. The number of pyridine rings is 1. The first-order chi connectivity index (χ1) is 11.7. The maximum absolute atomic E-state index is 12.3. The molecule has 3 rings (SSSR count). The van der Waals surface area contributed by atoms with Crippen LogP contribution in [0.4, 0.5) is 0 Å². The number of carbonyl (C=O) groups excluding carboxylic acids is 1. The van der Waals surface area contributed by atoms with Crippen molar-refractivity contribution in [1.82, 2.24) is 25.2 Å². The van der Waals surface area contributed by atoms with Crippen LogP contribution in [0, 0.1) is 0 Å². The van der Waals surface area contributed by atoms with Gasteiger partial charge in [-0.1, -0.05) is 0 Å². The molecular formula is C17H21N5O2. The average Bonchev–Trinajstić information content (AvgIpc) is 2.63. The van der Waals surface area contributed by atoms with E-state index in [1.807, 2.05) is 6.92 Å². The first-order valence-electron chi connectivity index (χ1n) is 8.05. The zero-order chi connectivity index (χ0) is 16.8. The van der Waals surface area contributed by atoms with E-state index in [1.165, 1.54) is 6.33 Å². The lowest BCUT2D eigenvalue weighted by molar-refractivity contribution is 0.0342. The van der Waals surface area contributed by atoms with Crippen LogP contribution in [-0.2, 0) is 4.74 Å². The van der Waals surface area contributed by atoms with Crippen LogP contribution in [0.2, 0.25) is 0 Å². The normalized spacial score (nSPS) is 16.5. The molecule has 1 saturated heterocycles. The van der Waals surface area contributed by atoms with Crippen LogP contribution in [-0.4, -0.2) is 64.6 Å². The summed E-state index contributed by atoms with van der Waals surface area (Å²) in [5, 5.41) is 3.02. The lowest BCUT2D eigenvalue weighted by Crippen LogP contribution is -2.46. The molecule has 1 N–H and O–H groups in total. The number of morpholine rings is 1. The van der Waals surface area contributed by atoms with Gasteiger partial charge in [-0.15, -0.1) is 0 Å². The molecule has 2 aromatic rings. The highest BCUT2D eigenvalue weighted by Crippen LogP contribution is 2.14. The molecule has 1 fully saturated rings. The van der Waals surface area contributed by atoms with Gasteiger partial charge in [0, 0.05) is 49.8 Å². The molecule has 2 aromatic heterocycles. The van der Waals surface area contributed by atoms with Crippen molar-refractivity contribution < 1.29 is 9.53 Å². The molecule has 126 valence electrons. The van der Waals surface area contributed by atoms with Crippen LogP contribution in [0.15, 0.2) is 37.1 Å². The molecule has 0 unspecified atom stereocenters. The van der Waals surface area contributed by atoms with E-state index in [0.29, 0.717) is 5.56 Å². The number of nitrogens with one attached hydrogen (secondary N) is 1. The maximum Gasteiger partial charge on any atom is 0.253 e. The summed E-state index contributed by atoms with van der Waals surface area (Å²) in [6.07, 6.45) is 6.44. The Labute approximate surface area is 141 Å². The molecule has 0 saturated carbocycles. The van der Waals surface area contributed by atoms with E-state index in [-0.39, 0.29) is 11.9 Å². The van der Waals surface area contributed by atoms with E-state index in [1.54, 1.807) is 30.7 Å². The fourth-order valence-corrected chi connectivity index (χ4v) is 2.65. The first-order valence-corrected chi connectivity index (χ1v) is 8.05. The van der Waals surface area contributed by atoms with E-state index in [4.69, 9.17) is 4.74 Å². The molecule has 24 heavy (non-hydrogen) atoms. The highest BCUT2D eigenvalue weighted by atomic mass is 16.5. The number of hydrogen-bond donors (Lipinski definition) is 1. The van der Waals surface area contributed by atoms with Crippen LogP contribution in [0.3, 0.4) is 0 Å². The van der Waals surface area contributed by atoms with Gasteiger partial charge < -0.3 is 10.1 Å². The van der Waals surface area contributed by atoms with E-state index in [2.05, 4.69) is 25.2 Å². The Morgan fingerprint density at radius 1 is 1.25 bits per heavy atom. The highest BCUT2D eigenvalue weighted by molar-refractivity contribution is 5.94. The van der Waals surface area contributed by atoms with Gasteiger partial charge in [0.1, 0.15) is 6.33 Å². The Morgan fingerprint density at radius 3 is 2.67 bits per heavy atom. The molecular weight excluding hydrogens is 306 g/mol. The monoisotopic (exact) mass is 327 g/mol. The Bertz CT molecular complexity index is 656. The molecule has 0 aliphatic carbocycles. The zero-order valence-electron chi connectivity index (χ0n) is 13.7. The predicted molar refractivity (Wildman–Crippen MR) is 89.5 cm³/mol. The van der Waals surface area contributed by atoms with E-state index in [9.17, 15) is 4.79 Å².